The number of hydrogen-bond acceptors (Lipinski definition) is 12. The van der Waals surface area contributed by atoms with Crippen molar-refractivity contribution < 1.29 is 19.3 Å². The van der Waals surface area contributed by atoms with Crippen LogP contribution in [0.2, 0.25) is 0 Å². The predicted octanol–water partition coefficient (Wildman–Crippen LogP) is 7.00. The molecule has 0 amide bonds. The van der Waals surface area contributed by atoms with Gasteiger partial charge >= 0.3 is 11.4 Å². The minimum atomic E-state index is -0.501. The lowest BCUT2D eigenvalue weighted by molar-refractivity contribution is 0.245. The summed E-state index contributed by atoms with van der Waals surface area (Å²) >= 11 is 0. The van der Waals surface area contributed by atoms with E-state index in [9.17, 15) is 14.7 Å². The molecule has 0 aliphatic carbocycles. The number of benzene rings is 4. The largest absolute Gasteiger partial charge is 0.494 e. The summed E-state index contributed by atoms with van der Waals surface area (Å²) in [5.74, 6) is 2.26. The summed E-state index contributed by atoms with van der Waals surface area (Å²) in [7, 11) is 4.81. The molecule has 4 heterocycles. The van der Waals surface area contributed by atoms with Crippen molar-refractivity contribution in [2.24, 2.45) is 14.1 Å². The average molecular weight is 865 g/mol. The lowest BCUT2D eigenvalue weighted by Gasteiger charge is -2.10. The van der Waals surface area contributed by atoms with Crippen LogP contribution in [0, 0.1) is 24.7 Å². The van der Waals surface area contributed by atoms with Crippen molar-refractivity contribution >= 4 is 33.8 Å². The molecule has 0 aliphatic heterocycles. The van der Waals surface area contributed by atoms with Gasteiger partial charge in [0.15, 0.2) is 22.9 Å². The van der Waals surface area contributed by atoms with Crippen LogP contribution in [0.3, 0.4) is 0 Å². The zero-order valence-corrected chi connectivity index (χ0v) is 36.1. The Morgan fingerprint density at radius 3 is 1.36 bits per heavy atom. The van der Waals surface area contributed by atoms with Crippen LogP contribution in [0.5, 0.6) is 11.5 Å². The number of imidazole rings is 2. The Morgan fingerprint density at radius 2 is 1.00 bits per heavy atom. The Bertz CT molecular complexity index is 3110. The second-order valence-corrected chi connectivity index (χ2v) is 14.5. The van der Waals surface area contributed by atoms with Gasteiger partial charge in [-0.15, -0.1) is 0 Å². The number of para-hydroxylation sites is 2. The molecule has 0 spiro atoms. The number of aromatic nitrogens is 8. The highest BCUT2D eigenvalue weighted by atomic mass is 16.5. The second kappa shape index (κ2) is 19.7. The molecule has 0 unspecified atom stereocenters. The third-order valence-corrected chi connectivity index (χ3v) is 10.4. The first-order valence-electron chi connectivity index (χ1n) is 20.2. The number of aliphatic hydroxyl groups excluding tert-OH is 1. The summed E-state index contributed by atoms with van der Waals surface area (Å²) in [6.07, 6.45) is 0. The number of nitrogens with zero attached hydrogens (tertiary/aromatic N) is 8. The van der Waals surface area contributed by atoms with Gasteiger partial charge < -0.3 is 30.1 Å². The van der Waals surface area contributed by atoms with Gasteiger partial charge in [0.05, 0.1) is 49.2 Å². The Hall–Kier alpha value is -7.56. The van der Waals surface area contributed by atoms with Crippen molar-refractivity contribution in [3.8, 4) is 45.6 Å². The third-order valence-electron chi connectivity index (χ3n) is 10.4. The van der Waals surface area contributed by atoms with E-state index < -0.39 is 6.61 Å². The van der Waals surface area contributed by atoms with Crippen molar-refractivity contribution in [1.29, 1.82) is 10.8 Å². The van der Waals surface area contributed by atoms with Crippen LogP contribution in [-0.2, 0) is 18.8 Å². The third kappa shape index (κ3) is 8.73. The van der Waals surface area contributed by atoms with E-state index >= 15 is 0 Å². The summed E-state index contributed by atoms with van der Waals surface area (Å²) < 4.78 is 22.2. The molecule has 0 atom stereocenters. The van der Waals surface area contributed by atoms with Crippen LogP contribution in [0.15, 0.2) is 107 Å². The fraction of sp³-hybridized carbons (Fsp3) is 0.250. The van der Waals surface area contributed by atoms with Crippen LogP contribution in [0.1, 0.15) is 43.8 Å². The van der Waals surface area contributed by atoms with Crippen molar-refractivity contribution in [2.75, 3.05) is 33.5 Å². The molecule has 64 heavy (non-hydrogen) atoms. The Balaban J connectivity index is 0.000000209. The monoisotopic (exact) mass is 864 g/mol. The van der Waals surface area contributed by atoms with Crippen molar-refractivity contribution in [1.82, 2.24) is 38.2 Å². The molecule has 0 fully saturated rings. The van der Waals surface area contributed by atoms with Crippen LogP contribution in [0.4, 0.5) is 0 Å². The number of aryl methyl sites for hydroxylation is 4. The van der Waals surface area contributed by atoms with Crippen LogP contribution in [0.25, 0.3) is 56.5 Å². The summed E-state index contributed by atoms with van der Waals surface area (Å²) in [5.41, 5.74) is 6.63. The van der Waals surface area contributed by atoms with E-state index in [1.54, 1.807) is 18.7 Å². The highest BCUT2D eigenvalue weighted by Crippen LogP contribution is 2.28. The number of hydrogen-bond donors (Lipinski definition) is 3. The molecule has 16 nitrogen and oxygen atoms in total. The minimum absolute atomic E-state index is 0. The van der Waals surface area contributed by atoms with Gasteiger partial charge in [-0.25, -0.2) is 38.7 Å². The summed E-state index contributed by atoms with van der Waals surface area (Å²) in [5, 5.41) is 26.4. The number of nitrogens with one attached hydrogen (secondary N) is 2. The first-order valence-corrected chi connectivity index (χ1v) is 20.2. The topological polar surface area (TPSA) is 201 Å². The number of rotatable bonds is 13. The summed E-state index contributed by atoms with van der Waals surface area (Å²) in [4.78, 5) is 45.1. The molecular formula is C48H52N10O6. The van der Waals surface area contributed by atoms with E-state index in [0.717, 1.165) is 33.9 Å². The SMILES string of the molecule is C.CCOc1ccc(-c2nc(C(=N)CO)c3c(n2)n(-c2ccccc2C)c(=O)n3C)cc1.CCOc1ccc(-c2nc(C(=N)COC)c3c(n2)n(-c2ccccc2C)c(=O)n3C)cc1. The predicted molar refractivity (Wildman–Crippen MR) is 250 cm³/mol. The van der Waals surface area contributed by atoms with Gasteiger partial charge in [-0.1, -0.05) is 43.8 Å². The Labute approximate surface area is 370 Å². The molecule has 0 saturated heterocycles. The molecule has 0 radical (unpaired) electrons. The van der Waals surface area contributed by atoms with Crippen molar-refractivity contribution in [2.45, 2.75) is 35.1 Å². The quantitative estimate of drug-likeness (QED) is 0.101. The Morgan fingerprint density at radius 1 is 0.609 bits per heavy atom. The molecule has 8 rings (SSSR count). The maximum atomic E-state index is 13.3. The Kier molecular flexibility index (Phi) is 14.1. The lowest BCUT2D eigenvalue weighted by atomic mass is 10.1. The molecule has 8 aromatic rings. The smallest absolute Gasteiger partial charge is 0.334 e. The summed E-state index contributed by atoms with van der Waals surface area (Å²) in [6.45, 7) is 8.42. The van der Waals surface area contributed by atoms with Gasteiger partial charge in [-0.05, 0) is 99.5 Å². The van der Waals surface area contributed by atoms with Gasteiger partial charge in [-0.3, -0.25) is 9.13 Å². The molecule has 0 saturated carbocycles. The number of ether oxygens (including phenoxy) is 3. The van der Waals surface area contributed by atoms with Gasteiger partial charge in [0, 0.05) is 32.3 Å². The first kappa shape index (κ1) is 46.0. The van der Waals surface area contributed by atoms with E-state index in [-0.39, 0.29) is 42.5 Å². The molecule has 0 aliphatic rings. The van der Waals surface area contributed by atoms with Crippen LogP contribution in [-0.4, -0.2) is 88.3 Å². The highest BCUT2D eigenvalue weighted by Gasteiger charge is 2.25. The maximum absolute atomic E-state index is 13.3. The van der Waals surface area contributed by atoms with Crippen molar-refractivity contribution in [3.05, 3.63) is 141 Å². The zero-order chi connectivity index (χ0) is 44.9. The zero-order valence-electron chi connectivity index (χ0n) is 36.1. The van der Waals surface area contributed by atoms with Crippen LogP contribution >= 0.6 is 0 Å². The fourth-order valence-corrected chi connectivity index (χ4v) is 7.25. The number of methoxy groups -OCH3 is 1. The number of fused-ring (bicyclic) bond motifs is 2. The molecule has 0 bridgehead atoms. The van der Waals surface area contributed by atoms with Gasteiger partial charge in [0.2, 0.25) is 0 Å². The first-order chi connectivity index (χ1) is 30.4. The second-order valence-electron chi connectivity index (χ2n) is 14.5. The molecule has 4 aromatic heterocycles. The fourth-order valence-electron chi connectivity index (χ4n) is 7.25. The number of aliphatic hydroxyl groups is 1. The highest BCUT2D eigenvalue weighted by molar-refractivity contribution is 6.07. The molecule has 16 heteroatoms. The standard InChI is InChI=1S/C24H25N5O3.C23H23N5O3.CH4/c1-5-32-17-12-10-16(11-13-17)22-26-20(18(25)14-31-4)21-23(27-22)29(24(30)28(21)3)19-9-7-6-8-15(19)2;1-4-31-16-11-9-15(10-12-16)21-25-19(17(24)13-29)20-22(26-21)28(23(30)27(20)3)18-8-6-5-7-14(18)2;/h6-13,25H,5,14H2,1-4H3;5-12,24,29H,4,13H2,1-3H3;1H4. The average Bonchev–Trinajstić information content (AvgIpc) is 3.70. The van der Waals surface area contributed by atoms with Gasteiger partial charge in [0.1, 0.15) is 33.9 Å². The molecular weight excluding hydrogens is 813 g/mol. The normalized spacial score (nSPS) is 10.9. The van der Waals surface area contributed by atoms with E-state index in [4.69, 9.17) is 35.0 Å². The minimum Gasteiger partial charge on any atom is -0.494 e. The van der Waals surface area contributed by atoms with Gasteiger partial charge in [0.25, 0.3) is 0 Å². The lowest BCUT2D eigenvalue weighted by Crippen LogP contribution is -2.21. The van der Waals surface area contributed by atoms with E-state index in [2.05, 4.69) is 9.97 Å². The molecule has 330 valence electrons. The maximum Gasteiger partial charge on any atom is 0.334 e. The van der Waals surface area contributed by atoms with Crippen molar-refractivity contribution in [3.63, 3.8) is 0 Å². The summed E-state index contributed by atoms with van der Waals surface area (Å²) in [6, 6.07) is 29.9. The van der Waals surface area contributed by atoms with Crippen LogP contribution < -0.4 is 20.9 Å². The molecule has 3 N–H and O–H groups in total. The van der Waals surface area contributed by atoms with E-state index in [1.807, 2.05) is 125 Å². The van der Waals surface area contributed by atoms with E-state index in [0.29, 0.717) is 64.1 Å². The molecule has 4 aromatic carbocycles. The van der Waals surface area contributed by atoms with Gasteiger partial charge in [-0.2, -0.15) is 0 Å². The van der Waals surface area contributed by atoms with E-state index in [1.165, 1.54) is 20.8 Å².